The van der Waals surface area contributed by atoms with E-state index in [1.54, 1.807) is 24.3 Å². The van der Waals surface area contributed by atoms with Crippen LogP contribution < -0.4 is 17.0 Å². The molecule has 2 amide bonds. The Labute approximate surface area is 252 Å². The van der Waals surface area contributed by atoms with Crippen molar-refractivity contribution in [3.8, 4) is 0 Å². The van der Waals surface area contributed by atoms with Crippen molar-refractivity contribution >= 4 is 45.6 Å². The van der Waals surface area contributed by atoms with Gasteiger partial charge in [-0.25, -0.2) is 13.6 Å². The zero-order chi connectivity index (χ0) is 27.4. The van der Waals surface area contributed by atoms with Gasteiger partial charge in [-0.1, -0.05) is 0 Å². The number of hydrogen-bond acceptors (Lipinski definition) is 8. The molecular weight excluding hydrogens is 604 g/mol. The molecule has 0 unspecified atom stereocenters. The number of primary sulfonamides is 1. The topological polar surface area (TPSA) is 205 Å². The summed E-state index contributed by atoms with van der Waals surface area (Å²) in [6.45, 7) is 3.36. The third-order valence-corrected chi connectivity index (χ3v) is 5.77. The van der Waals surface area contributed by atoms with Crippen LogP contribution in [0, 0.1) is 10.1 Å². The van der Waals surface area contributed by atoms with E-state index in [9.17, 15) is 28.1 Å². The van der Waals surface area contributed by atoms with Gasteiger partial charge in [0.25, 0.3) is 17.5 Å². The second-order valence-corrected chi connectivity index (χ2v) is 10.6. The van der Waals surface area contributed by atoms with Crippen molar-refractivity contribution in [2.24, 2.45) is 5.14 Å². The van der Waals surface area contributed by atoms with Gasteiger partial charge < -0.3 is 21.7 Å². The number of nitrogens with two attached hydrogens (primary N) is 2. The molecule has 0 spiro atoms. The van der Waals surface area contributed by atoms with Crippen LogP contribution in [0.15, 0.2) is 48.5 Å². The molecule has 2 aromatic rings. The average Bonchev–Trinajstić information content (AvgIpc) is 2.89. The van der Waals surface area contributed by atoms with E-state index in [1.165, 1.54) is 37.1 Å². The fraction of sp³-hybridized carbons (Fsp3) is 0.440. The van der Waals surface area contributed by atoms with Gasteiger partial charge >= 0.3 is 0 Å². The standard InChI is InChI=1S/C12H14N2O3.C12H16N2O.CH5NO2S.ClH.Fe.H3N/c15-12(13-8-2-1-3-9-13)10-4-6-11(7-5-10)14(16)17;13-11-6-4-10(5-7-11)12(15)14-8-2-1-3-9-14;1-5(2,3)4;;;/h4-7H,1-3,8-9H2;4-7H,1-3,8-9,13H2;1H3,(H2,2,3,4);1H;;1H3. The van der Waals surface area contributed by atoms with Crippen LogP contribution in [0.5, 0.6) is 0 Å². The molecule has 0 aliphatic carbocycles. The number of halogens is 1. The molecule has 7 N–H and O–H groups in total. The van der Waals surface area contributed by atoms with Crippen molar-refractivity contribution in [2.45, 2.75) is 38.5 Å². The van der Waals surface area contributed by atoms with Crippen LogP contribution >= 0.6 is 12.4 Å². The molecule has 2 saturated heterocycles. The molecule has 2 fully saturated rings. The van der Waals surface area contributed by atoms with E-state index in [0.717, 1.165) is 63.7 Å². The normalized spacial score (nSPS) is 14.2. The fourth-order valence-corrected chi connectivity index (χ4v) is 3.91. The second-order valence-electron chi connectivity index (χ2n) is 8.96. The number of nitrogens with zero attached hydrogens (tertiary/aromatic N) is 3. The number of piperidine rings is 2. The quantitative estimate of drug-likeness (QED) is 0.195. The van der Waals surface area contributed by atoms with Crippen molar-refractivity contribution in [1.29, 1.82) is 0 Å². The van der Waals surface area contributed by atoms with Crippen molar-refractivity contribution < 1.29 is 40.0 Å². The van der Waals surface area contributed by atoms with E-state index in [-0.39, 0.29) is 53.1 Å². The van der Waals surface area contributed by atoms with Gasteiger partial charge in [0.05, 0.1) is 11.2 Å². The molecule has 0 bridgehead atoms. The molecule has 0 atom stereocenters. The number of benzene rings is 2. The van der Waals surface area contributed by atoms with Crippen LogP contribution in [0.3, 0.4) is 0 Å². The molecule has 226 valence electrons. The Morgan fingerprint density at radius 1 is 0.775 bits per heavy atom. The van der Waals surface area contributed by atoms with E-state index in [0.29, 0.717) is 11.3 Å². The van der Waals surface area contributed by atoms with Crippen molar-refractivity contribution in [3.63, 3.8) is 0 Å². The summed E-state index contributed by atoms with van der Waals surface area (Å²) in [7, 11) is -3.17. The Bertz CT molecular complexity index is 1150. The van der Waals surface area contributed by atoms with E-state index < -0.39 is 14.9 Å². The maximum absolute atomic E-state index is 12.0. The van der Waals surface area contributed by atoms with Crippen molar-refractivity contribution in [1.82, 2.24) is 16.0 Å². The second kappa shape index (κ2) is 19.4. The summed E-state index contributed by atoms with van der Waals surface area (Å²) in [5.74, 6) is 0.106. The number of likely N-dealkylation sites (tertiary alicyclic amines) is 2. The minimum atomic E-state index is -3.17. The van der Waals surface area contributed by atoms with E-state index in [1.807, 2.05) is 9.80 Å². The van der Waals surface area contributed by atoms with Gasteiger partial charge in [-0.3, -0.25) is 19.7 Å². The van der Waals surface area contributed by atoms with Crippen LogP contribution in [0.4, 0.5) is 11.4 Å². The summed E-state index contributed by atoms with van der Waals surface area (Å²) in [6.07, 6.45) is 7.68. The summed E-state index contributed by atoms with van der Waals surface area (Å²) < 4.78 is 18.8. The molecule has 2 aliphatic rings. The number of sulfonamides is 1. The summed E-state index contributed by atoms with van der Waals surface area (Å²) in [5.41, 5.74) is 7.56. The summed E-state index contributed by atoms with van der Waals surface area (Å²) >= 11 is 0. The number of hydrogen-bond donors (Lipinski definition) is 3. The molecule has 2 heterocycles. The molecule has 15 heteroatoms. The number of anilines is 1. The zero-order valence-corrected chi connectivity index (χ0v) is 25.3. The summed E-state index contributed by atoms with van der Waals surface area (Å²) in [5, 5.41) is 14.8. The molecular formula is C25H39ClFeN6O6S. The maximum Gasteiger partial charge on any atom is 0.269 e. The van der Waals surface area contributed by atoms with Crippen molar-refractivity contribution in [3.05, 3.63) is 69.8 Å². The van der Waals surface area contributed by atoms with E-state index in [4.69, 9.17) is 5.73 Å². The van der Waals surface area contributed by atoms with Crippen LogP contribution in [0.25, 0.3) is 0 Å². The first-order chi connectivity index (χ1) is 17.5. The third kappa shape index (κ3) is 14.6. The SMILES string of the molecule is CS(N)(=O)=O.Cl.N.Nc1ccc(C(=O)N2CCCCC2)cc1.O=C(c1ccc([N+](=O)[O-])cc1)N1CCCCC1.[Fe]. The molecule has 4 rings (SSSR count). The Kier molecular flexibility index (Phi) is 19.1. The van der Waals surface area contributed by atoms with Crippen LogP contribution in [-0.2, 0) is 27.1 Å². The number of nitrogen functional groups attached to an aromatic ring is 1. The van der Waals surface area contributed by atoms with Crippen LogP contribution in [0.1, 0.15) is 59.2 Å². The first kappa shape index (κ1) is 39.4. The molecule has 12 nitrogen and oxygen atoms in total. The molecule has 40 heavy (non-hydrogen) atoms. The number of nitro benzene ring substituents is 1. The van der Waals surface area contributed by atoms with Crippen LogP contribution in [0.2, 0.25) is 0 Å². The minimum absolute atomic E-state index is 0. The Balaban J connectivity index is 0. The van der Waals surface area contributed by atoms with Gasteiger partial charge in [0, 0.05) is 72.2 Å². The Morgan fingerprint density at radius 2 is 1.07 bits per heavy atom. The minimum Gasteiger partial charge on any atom is -0.399 e. The number of amides is 2. The Morgan fingerprint density at radius 3 is 1.38 bits per heavy atom. The van der Waals surface area contributed by atoms with Gasteiger partial charge in [0.1, 0.15) is 0 Å². The van der Waals surface area contributed by atoms with Gasteiger partial charge in [-0.05, 0) is 74.9 Å². The molecule has 0 aromatic heterocycles. The molecule has 2 aliphatic heterocycles. The number of nitro groups is 1. The van der Waals surface area contributed by atoms with Gasteiger partial charge in [-0.15, -0.1) is 12.4 Å². The monoisotopic (exact) mass is 642 g/mol. The van der Waals surface area contributed by atoms with Crippen LogP contribution in [-0.4, -0.2) is 67.4 Å². The first-order valence-electron chi connectivity index (χ1n) is 12.1. The largest absolute Gasteiger partial charge is 0.399 e. The summed E-state index contributed by atoms with van der Waals surface area (Å²) in [6, 6.07) is 12.9. The number of carbonyl (C=O) groups excluding carboxylic acids is 2. The smallest absolute Gasteiger partial charge is 0.269 e. The van der Waals surface area contributed by atoms with E-state index >= 15 is 0 Å². The van der Waals surface area contributed by atoms with Gasteiger partial charge in [0.2, 0.25) is 10.0 Å². The number of rotatable bonds is 3. The fourth-order valence-electron chi connectivity index (χ4n) is 3.91. The first-order valence-corrected chi connectivity index (χ1v) is 14.1. The average molecular weight is 643 g/mol. The number of non-ortho nitro benzene ring substituents is 1. The molecule has 2 aromatic carbocycles. The van der Waals surface area contributed by atoms with Gasteiger partial charge in [0.15, 0.2) is 0 Å². The third-order valence-electron chi connectivity index (χ3n) is 5.77. The molecule has 0 radical (unpaired) electrons. The predicted molar refractivity (Wildman–Crippen MR) is 155 cm³/mol. The maximum atomic E-state index is 12.0. The van der Waals surface area contributed by atoms with Crippen molar-refractivity contribution in [2.75, 3.05) is 38.2 Å². The zero-order valence-electron chi connectivity index (χ0n) is 22.5. The van der Waals surface area contributed by atoms with Gasteiger partial charge in [-0.2, -0.15) is 0 Å². The predicted octanol–water partition coefficient (Wildman–Crippen LogP) is 3.60. The number of carbonyl (C=O) groups is 2. The Hall–Kier alpha value is -2.74. The molecule has 0 saturated carbocycles. The summed E-state index contributed by atoms with van der Waals surface area (Å²) in [4.78, 5) is 37.8. The van der Waals surface area contributed by atoms with E-state index in [2.05, 4.69) is 5.14 Å².